The smallest absolute Gasteiger partial charge is 0.263 e. The van der Waals surface area contributed by atoms with Gasteiger partial charge in [-0.1, -0.05) is 24.3 Å². The second-order valence-corrected chi connectivity index (χ2v) is 5.71. The van der Waals surface area contributed by atoms with Crippen molar-refractivity contribution >= 4 is 23.2 Å². The molecule has 1 atom stereocenters. The van der Waals surface area contributed by atoms with Gasteiger partial charge < -0.3 is 15.2 Å². The molecule has 0 bridgehead atoms. The highest BCUT2D eigenvalue weighted by Gasteiger charge is 2.50. The number of rotatable bonds is 3. The standard InChI is InChI=1S/C17H16N2O3S/c1-19-15(21)17(18-16(19)23,12-4-3-5-13(20)10-12)11-6-8-14(22-2)9-7-11/h3-10,20H,1-2H3,(H,18,23). The maximum absolute atomic E-state index is 13.0. The Kier molecular flexibility index (Phi) is 3.69. The van der Waals surface area contributed by atoms with Crippen molar-refractivity contribution in [2.24, 2.45) is 0 Å². The molecule has 1 heterocycles. The summed E-state index contributed by atoms with van der Waals surface area (Å²) in [4.78, 5) is 14.4. The summed E-state index contributed by atoms with van der Waals surface area (Å²) in [5, 5.41) is 13.3. The van der Waals surface area contributed by atoms with E-state index in [1.54, 1.807) is 50.6 Å². The topological polar surface area (TPSA) is 61.8 Å². The average molecular weight is 328 g/mol. The fourth-order valence-electron chi connectivity index (χ4n) is 2.78. The molecule has 2 N–H and O–H groups in total. The van der Waals surface area contributed by atoms with Crippen LogP contribution in [0.3, 0.4) is 0 Å². The zero-order valence-corrected chi connectivity index (χ0v) is 13.6. The fourth-order valence-corrected chi connectivity index (χ4v) is 3.02. The zero-order valence-electron chi connectivity index (χ0n) is 12.7. The first kappa shape index (κ1) is 15.3. The largest absolute Gasteiger partial charge is 0.508 e. The van der Waals surface area contributed by atoms with Crippen LogP contribution >= 0.6 is 12.2 Å². The Labute approximate surface area is 139 Å². The first-order valence-electron chi connectivity index (χ1n) is 7.03. The zero-order chi connectivity index (χ0) is 16.6. The van der Waals surface area contributed by atoms with Gasteiger partial charge in [-0.15, -0.1) is 0 Å². The van der Waals surface area contributed by atoms with E-state index >= 15 is 0 Å². The van der Waals surface area contributed by atoms with Crippen LogP contribution in [-0.2, 0) is 10.3 Å². The number of likely N-dealkylation sites (N-methyl/N-ethyl adjacent to an activating group) is 1. The maximum atomic E-state index is 13.0. The molecular weight excluding hydrogens is 312 g/mol. The number of hydrogen-bond acceptors (Lipinski definition) is 4. The van der Waals surface area contributed by atoms with Gasteiger partial charge in [0.25, 0.3) is 5.91 Å². The van der Waals surface area contributed by atoms with Gasteiger partial charge in [0.05, 0.1) is 7.11 Å². The van der Waals surface area contributed by atoms with Gasteiger partial charge in [-0.25, -0.2) is 0 Å². The highest BCUT2D eigenvalue weighted by Crippen LogP contribution is 2.37. The van der Waals surface area contributed by atoms with Crippen LogP contribution in [-0.4, -0.2) is 35.2 Å². The monoisotopic (exact) mass is 328 g/mol. The summed E-state index contributed by atoms with van der Waals surface area (Å²) in [6.45, 7) is 0. The Balaban J connectivity index is 2.22. The van der Waals surface area contributed by atoms with Gasteiger partial charge in [0.2, 0.25) is 0 Å². The molecule has 3 rings (SSSR count). The fraction of sp³-hybridized carbons (Fsp3) is 0.176. The number of carbonyl (C=O) groups is 1. The van der Waals surface area contributed by atoms with Crippen molar-refractivity contribution in [1.29, 1.82) is 0 Å². The van der Waals surface area contributed by atoms with E-state index in [1.165, 1.54) is 4.90 Å². The summed E-state index contributed by atoms with van der Waals surface area (Å²) in [6.07, 6.45) is 0. The first-order chi connectivity index (χ1) is 11.0. The SMILES string of the molecule is COc1ccc(C2(c3cccc(O)c3)NC(=S)N(C)C2=O)cc1. The lowest BCUT2D eigenvalue weighted by Gasteiger charge is -2.28. The molecule has 1 aliphatic rings. The van der Waals surface area contributed by atoms with E-state index in [1.807, 2.05) is 12.1 Å². The number of aromatic hydroxyl groups is 1. The van der Waals surface area contributed by atoms with Crippen LogP contribution in [0.15, 0.2) is 48.5 Å². The number of thiocarbonyl (C=S) groups is 1. The Bertz CT molecular complexity index is 776. The van der Waals surface area contributed by atoms with Gasteiger partial charge in [0.1, 0.15) is 11.5 Å². The van der Waals surface area contributed by atoms with Crippen LogP contribution in [0.1, 0.15) is 11.1 Å². The van der Waals surface area contributed by atoms with Crippen molar-refractivity contribution in [3.8, 4) is 11.5 Å². The number of hydrogen-bond donors (Lipinski definition) is 2. The summed E-state index contributed by atoms with van der Waals surface area (Å²) in [5.41, 5.74) is 0.191. The molecule has 0 radical (unpaired) electrons. The van der Waals surface area contributed by atoms with E-state index in [4.69, 9.17) is 17.0 Å². The van der Waals surface area contributed by atoms with E-state index in [0.717, 1.165) is 5.56 Å². The van der Waals surface area contributed by atoms with Crippen LogP contribution in [0.4, 0.5) is 0 Å². The Hall–Kier alpha value is -2.60. The Morgan fingerprint density at radius 2 is 1.87 bits per heavy atom. The quantitative estimate of drug-likeness (QED) is 0.844. The molecule has 2 aromatic rings. The van der Waals surface area contributed by atoms with Gasteiger partial charge >= 0.3 is 0 Å². The van der Waals surface area contributed by atoms with E-state index in [-0.39, 0.29) is 11.7 Å². The molecule has 0 aliphatic carbocycles. The van der Waals surface area contributed by atoms with Gasteiger partial charge in [-0.05, 0) is 47.6 Å². The first-order valence-corrected chi connectivity index (χ1v) is 7.44. The molecule has 5 nitrogen and oxygen atoms in total. The minimum absolute atomic E-state index is 0.0884. The number of amides is 1. The number of carbonyl (C=O) groups excluding carboxylic acids is 1. The van der Waals surface area contributed by atoms with Gasteiger partial charge in [0, 0.05) is 7.05 Å². The number of ether oxygens (including phenoxy) is 1. The predicted octanol–water partition coefficient (Wildman–Crippen LogP) is 1.99. The van der Waals surface area contributed by atoms with Gasteiger partial charge in [-0.3, -0.25) is 9.69 Å². The maximum Gasteiger partial charge on any atom is 0.263 e. The molecule has 1 fully saturated rings. The highest BCUT2D eigenvalue weighted by atomic mass is 32.1. The molecule has 118 valence electrons. The highest BCUT2D eigenvalue weighted by molar-refractivity contribution is 7.80. The molecule has 6 heteroatoms. The van der Waals surface area contributed by atoms with E-state index in [9.17, 15) is 9.90 Å². The van der Waals surface area contributed by atoms with Crippen molar-refractivity contribution in [3.63, 3.8) is 0 Å². The molecule has 2 aromatic carbocycles. The molecule has 0 aromatic heterocycles. The molecule has 23 heavy (non-hydrogen) atoms. The Morgan fingerprint density at radius 3 is 2.39 bits per heavy atom. The van der Waals surface area contributed by atoms with Crippen molar-refractivity contribution in [1.82, 2.24) is 10.2 Å². The van der Waals surface area contributed by atoms with Crippen LogP contribution in [0, 0.1) is 0 Å². The number of phenolic OH excluding ortho intramolecular Hbond substituents is 1. The summed E-state index contributed by atoms with van der Waals surface area (Å²) in [7, 11) is 3.22. The minimum atomic E-state index is -1.16. The lowest BCUT2D eigenvalue weighted by Crippen LogP contribution is -2.44. The number of methoxy groups -OCH3 is 1. The summed E-state index contributed by atoms with van der Waals surface area (Å²) >= 11 is 5.26. The third kappa shape index (κ3) is 2.31. The van der Waals surface area contributed by atoms with Gasteiger partial charge in [0.15, 0.2) is 10.7 Å². The number of nitrogens with zero attached hydrogens (tertiary/aromatic N) is 1. The third-order valence-electron chi connectivity index (χ3n) is 4.03. The predicted molar refractivity (Wildman–Crippen MR) is 90.4 cm³/mol. The molecule has 1 saturated heterocycles. The average Bonchev–Trinajstić information content (AvgIpc) is 2.80. The van der Waals surface area contributed by atoms with Crippen LogP contribution in [0.2, 0.25) is 0 Å². The summed E-state index contributed by atoms with van der Waals surface area (Å²) in [6, 6.07) is 13.8. The number of benzene rings is 2. The second kappa shape index (κ2) is 5.55. The molecule has 1 unspecified atom stereocenters. The number of phenols is 1. The van der Waals surface area contributed by atoms with Crippen LogP contribution in [0.5, 0.6) is 11.5 Å². The Morgan fingerprint density at radius 1 is 1.17 bits per heavy atom. The van der Waals surface area contributed by atoms with Crippen molar-refractivity contribution < 1.29 is 14.6 Å². The molecule has 1 amide bonds. The van der Waals surface area contributed by atoms with Crippen molar-refractivity contribution in [3.05, 3.63) is 59.7 Å². The molecular formula is C17H16N2O3S. The summed E-state index contributed by atoms with van der Waals surface area (Å²) in [5.74, 6) is 0.588. The third-order valence-corrected chi connectivity index (χ3v) is 4.40. The number of nitrogens with one attached hydrogen (secondary N) is 1. The van der Waals surface area contributed by atoms with E-state index in [2.05, 4.69) is 5.32 Å². The molecule has 1 aliphatic heterocycles. The summed E-state index contributed by atoms with van der Waals surface area (Å²) < 4.78 is 5.18. The van der Waals surface area contributed by atoms with E-state index in [0.29, 0.717) is 16.4 Å². The lowest BCUT2D eigenvalue weighted by molar-refractivity contribution is -0.129. The molecule has 0 spiro atoms. The van der Waals surface area contributed by atoms with Crippen LogP contribution in [0.25, 0.3) is 0 Å². The lowest BCUT2D eigenvalue weighted by atomic mass is 9.82. The van der Waals surface area contributed by atoms with Gasteiger partial charge in [-0.2, -0.15) is 0 Å². The minimum Gasteiger partial charge on any atom is -0.508 e. The normalized spacial score (nSPS) is 20.5. The molecule has 0 saturated carbocycles. The second-order valence-electron chi connectivity index (χ2n) is 5.32. The van der Waals surface area contributed by atoms with Crippen LogP contribution < -0.4 is 10.1 Å². The van der Waals surface area contributed by atoms with E-state index < -0.39 is 5.54 Å². The van der Waals surface area contributed by atoms with Crippen molar-refractivity contribution in [2.75, 3.05) is 14.2 Å². The van der Waals surface area contributed by atoms with Crippen molar-refractivity contribution in [2.45, 2.75) is 5.54 Å².